The molecular weight excluding hydrogens is 281 g/mol. The number of hydrogen-bond acceptors (Lipinski definition) is 3. The lowest BCUT2D eigenvalue weighted by Gasteiger charge is -2.17. The molecule has 0 spiro atoms. The van der Waals surface area contributed by atoms with Gasteiger partial charge in [0.05, 0.1) is 11.7 Å². The summed E-state index contributed by atoms with van der Waals surface area (Å²) < 4.78 is 0.475. The van der Waals surface area contributed by atoms with Gasteiger partial charge in [0.1, 0.15) is 10.3 Å². The van der Waals surface area contributed by atoms with Crippen LogP contribution in [0.1, 0.15) is 6.92 Å². The van der Waals surface area contributed by atoms with Gasteiger partial charge in [-0.25, -0.2) is 4.98 Å². The Bertz CT molecular complexity index is 412. The van der Waals surface area contributed by atoms with Crippen LogP contribution < -0.4 is 10.5 Å². The van der Waals surface area contributed by atoms with E-state index in [0.29, 0.717) is 16.2 Å². The van der Waals surface area contributed by atoms with Crippen molar-refractivity contribution >= 4 is 33.3 Å². The summed E-state index contributed by atoms with van der Waals surface area (Å²) in [5.41, 5.74) is -0.161. The van der Waals surface area contributed by atoms with Crippen molar-refractivity contribution in [2.24, 2.45) is 5.92 Å². The van der Waals surface area contributed by atoms with Gasteiger partial charge in [0.2, 0.25) is 0 Å². The maximum atomic E-state index is 11.4. The highest BCUT2D eigenvalue weighted by molar-refractivity contribution is 9.10. The number of alkyl halides is 1. The molecule has 0 saturated carbocycles. The molecular formula is C9H11BrClN3O. The Hall–Kier alpha value is -0.550. The van der Waals surface area contributed by atoms with Crippen LogP contribution in [0, 0.1) is 5.92 Å². The van der Waals surface area contributed by atoms with Gasteiger partial charge in [0.15, 0.2) is 0 Å². The predicted molar refractivity (Wildman–Crippen MR) is 63.6 cm³/mol. The summed E-state index contributed by atoms with van der Waals surface area (Å²) in [6.07, 6.45) is 1.41. The molecule has 1 fully saturated rings. The number of aromatic amines is 1. The molecule has 6 heteroatoms. The highest BCUT2D eigenvalue weighted by atomic mass is 79.9. The van der Waals surface area contributed by atoms with Crippen LogP contribution in [0.25, 0.3) is 0 Å². The van der Waals surface area contributed by atoms with E-state index in [0.717, 1.165) is 13.1 Å². The molecule has 0 aliphatic carbocycles. The van der Waals surface area contributed by atoms with Crippen LogP contribution in [-0.2, 0) is 0 Å². The first-order valence-electron chi connectivity index (χ1n) is 4.72. The number of hydrogen-bond donors (Lipinski definition) is 1. The molecule has 82 valence electrons. The fraction of sp³-hybridized carbons (Fsp3) is 0.556. The number of aromatic nitrogens is 2. The first-order valence-corrected chi connectivity index (χ1v) is 5.94. The van der Waals surface area contributed by atoms with Crippen molar-refractivity contribution in [2.45, 2.75) is 12.3 Å². The van der Waals surface area contributed by atoms with Crippen LogP contribution in [0.15, 0.2) is 15.6 Å². The molecule has 4 nitrogen and oxygen atoms in total. The minimum absolute atomic E-state index is 0.123. The Morgan fingerprint density at radius 1 is 1.67 bits per heavy atom. The minimum Gasteiger partial charge on any atom is -0.354 e. The molecule has 2 unspecified atom stereocenters. The molecule has 2 heterocycles. The lowest BCUT2D eigenvalue weighted by molar-refractivity contribution is 0.665. The Kier molecular flexibility index (Phi) is 3.02. The lowest BCUT2D eigenvalue weighted by atomic mass is 10.2. The van der Waals surface area contributed by atoms with Crippen molar-refractivity contribution in [1.82, 2.24) is 9.97 Å². The van der Waals surface area contributed by atoms with E-state index in [1.165, 1.54) is 6.33 Å². The second-order valence-corrected chi connectivity index (χ2v) is 5.12. The Morgan fingerprint density at radius 3 is 3.00 bits per heavy atom. The normalized spacial score (nSPS) is 25.9. The second kappa shape index (κ2) is 4.14. The monoisotopic (exact) mass is 291 g/mol. The standard InChI is InChI=1S/C9H11BrClN3O/c1-5-2-14(3-6(5)11)8-7(10)9(15)13-4-12-8/h4-6H,2-3H2,1H3,(H,12,13,15). The van der Waals surface area contributed by atoms with Crippen LogP contribution in [0.3, 0.4) is 0 Å². The quantitative estimate of drug-likeness (QED) is 0.800. The number of halogens is 2. The summed E-state index contributed by atoms with van der Waals surface area (Å²) in [5.74, 6) is 1.09. The number of anilines is 1. The van der Waals surface area contributed by atoms with Gasteiger partial charge in [-0.1, -0.05) is 6.92 Å². The molecule has 0 amide bonds. The maximum absolute atomic E-state index is 11.4. The average Bonchev–Trinajstić information content (AvgIpc) is 2.51. The molecule has 1 aliphatic rings. The van der Waals surface area contributed by atoms with Crippen LogP contribution in [-0.4, -0.2) is 28.4 Å². The van der Waals surface area contributed by atoms with Crippen molar-refractivity contribution in [3.05, 3.63) is 21.2 Å². The summed E-state index contributed by atoms with van der Waals surface area (Å²) in [6, 6.07) is 0. The third-order valence-corrected chi connectivity index (χ3v) is 3.88. The van der Waals surface area contributed by atoms with Gasteiger partial charge in [-0.15, -0.1) is 11.6 Å². The van der Waals surface area contributed by atoms with E-state index >= 15 is 0 Å². The van der Waals surface area contributed by atoms with Crippen LogP contribution in [0.4, 0.5) is 5.82 Å². The van der Waals surface area contributed by atoms with Crippen molar-refractivity contribution in [3.8, 4) is 0 Å². The molecule has 0 radical (unpaired) electrons. The summed E-state index contributed by atoms with van der Waals surface area (Å²) >= 11 is 9.37. The van der Waals surface area contributed by atoms with Crippen molar-refractivity contribution in [2.75, 3.05) is 18.0 Å². The highest BCUT2D eigenvalue weighted by Gasteiger charge is 2.30. The first-order chi connectivity index (χ1) is 7.09. The summed E-state index contributed by atoms with van der Waals surface area (Å²) in [7, 11) is 0. The van der Waals surface area contributed by atoms with Gasteiger partial charge < -0.3 is 9.88 Å². The molecule has 1 aromatic rings. The summed E-state index contributed by atoms with van der Waals surface area (Å²) in [4.78, 5) is 20.1. The molecule has 1 aromatic heterocycles. The Balaban J connectivity index is 2.32. The van der Waals surface area contributed by atoms with E-state index < -0.39 is 0 Å². The van der Waals surface area contributed by atoms with E-state index in [9.17, 15) is 4.79 Å². The zero-order valence-corrected chi connectivity index (χ0v) is 10.5. The SMILES string of the molecule is CC1CN(c2nc[nH]c(=O)c2Br)CC1Cl. The first kappa shape index (κ1) is 11.0. The van der Waals surface area contributed by atoms with Crippen LogP contribution in [0.5, 0.6) is 0 Å². The van der Waals surface area contributed by atoms with Crippen molar-refractivity contribution in [3.63, 3.8) is 0 Å². The summed E-state index contributed by atoms with van der Waals surface area (Å²) in [5, 5.41) is 0.123. The number of rotatable bonds is 1. The molecule has 2 rings (SSSR count). The third kappa shape index (κ3) is 2.03. The second-order valence-electron chi connectivity index (χ2n) is 3.77. The Labute approximate surface area is 101 Å². The topological polar surface area (TPSA) is 49.0 Å². The van der Waals surface area contributed by atoms with Gasteiger partial charge in [-0.05, 0) is 21.8 Å². The number of nitrogens with one attached hydrogen (secondary N) is 1. The van der Waals surface area contributed by atoms with E-state index in [4.69, 9.17) is 11.6 Å². The van der Waals surface area contributed by atoms with Gasteiger partial charge in [0.25, 0.3) is 5.56 Å². The van der Waals surface area contributed by atoms with Gasteiger partial charge in [-0.3, -0.25) is 4.79 Å². The zero-order valence-electron chi connectivity index (χ0n) is 8.20. The molecule has 1 saturated heterocycles. The molecule has 2 atom stereocenters. The van der Waals surface area contributed by atoms with Crippen molar-refractivity contribution < 1.29 is 0 Å². The predicted octanol–water partition coefficient (Wildman–Crippen LogP) is 1.60. The number of H-pyrrole nitrogens is 1. The molecule has 1 aliphatic heterocycles. The van der Waals surface area contributed by atoms with Gasteiger partial charge >= 0.3 is 0 Å². The smallest absolute Gasteiger partial charge is 0.267 e. The Morgan fingerprint density at radius 2 is 2.40 bits per heavy atom. The fourth-order valence-electron chi connectivity index (χ4n) is 1.69. The van der Waals surface area contributed by atoms with E-state index in [1.807, 2.05) is 4.90 Å². The molecule has 0 bridgehead atoms. The van der Waals surface area contributed by atoms with Gasteiger partial charge in [0, 0.05) is 13.1 Å². The highest BCUT2D eigenvalue weighted by Crippen LogP contribution is 2.28. The van der Waals surface area contributed by atoms with E-state index in [2.05, 4.69) is 32.8 Å². The largest absolute Gasteiger partial charge is 0.354 e. The molecule has 0 aromatic carbocycles. The van der Waals surface area contributed by atoms with E-state index in [1.54, 1.807) is 0 Å². The summed E-state index contributed by atoms with van der Waals surface area (Å²) in [6.45, 7) is 3.67. The average molecular weight is 293 g/mol. The van der Waals surface area contributed by atoms with Gasteiger partial charge in [-0.2, -0.15) is 0 Å². The fourth-order valence-corrected chi connectivity index (χ4v) is 2.41. The lowest BCUT2D eigenvalue weighted by Crippen LogP contribution is -2.24. The van der Waals surface area contributed by atoms with E-state index in [-0.39, 0.29) is 10.9 Å². The van der Waals surface area contributed by atoms with Crippen molar-refractivity contribution in [1.29, 1.82) is 0 Å². The third-order valence-electron chi connectivity index (χ3n) is 2.60. The van der Waals surface area contributed by atoms with Crippen LogP contribution >= 0.6 is 27.5 Å². The van der Waals surface area contributed by atoms with Crippen LogP contribution in [0.2, 0.25) is 0 Å². The molecule has 1 N–H and O–H groups in total. The minimum atomic E-state index is -0.161. The maximum Gasteiger partial charge on any atom is 0.267 e. The molecule has 15 heavy (non-hydrogen) atoms. The number of nitrogens with zero attached hydrogens (tertiary/aromatic N) is 2. The zero-order chi connectivity index (χ0) is 11.0.